The number of hydrogen-bond acceptors (Lipinski definition) is 2. The first-order valence-electron chi connectivity index (χ1n) is 6.92. The van der Waals surface area contributed by atoms with Crippen LogP contribution in [0.4, 0.5) is 13.2 Å². The van der Waals surface area contributed by atoms with Crippen molar-refractivity contribution in [2.75, 3.05) is 13.1 Å². The van der Waals surface area contributed by atoms with Gasteiger partial charge < -0.3 is 10.1 Å². The van der Waals surface area contributed by atoms with E-state index in [1.807, 2.05) is 19.9 Å². The van der Waals surface area contributed by atoms with Crippen LogP contribution in [0.3, 0.4) is 0 Å². The Morgan fingerprint density at radius 3 is 2.80 bits per heavy atom. The molecule has 0 saturated carbocycles. The molecule has 1 aromatic rings. The highest BCUT2D eigenvalue weighted by atomic mass is 19.4. The van der Waals surface area contributed by atoms with Crippen molar-refractivity contribution < 1.29 is 17.9 Å². The Morgan fingerprint density at radius 1 is 1.40 bits per heavy atom. The van der Waals surface area contributed by atoms with Crippen LogP contribution in [0.5, 0.6) is 0 Å². The summed E-state index contributed by atoms with van der Waals surface area (Å²) in [5, 5.41) is 3.24. The molecule has 2 unspecified atom stereocenters. The van der Waals surface area contributed by atoms with Gasteiger partial charge in [0.25, 0.3) is 0 Å². The zero-order valence-corrected chi connectivity index (χ0v) is 11.6. The second kappa shape index (κ2) is 4.46. The molecule has 2 heterocycles. The van der Waals surface area contributed by atoms with E-state index < -0.39 is 11.7 Å². The Hall–Kier alpha value is -1.07. The Balaban J connectivity index is 2.18. The van der Waals surface area contributed by atoms with E-state index in [-0.39, 0.29) is 18.1 Å². The van der Waals surface area contributed by atoms with Crippen LogP contribution in [0.15, 0.2) is 12.1 Å². The second-order valence-corrected chi connectivity index (χ2v) is 5.85. The molecule has 0 aromatic heterocycles. The van der Waals surface area contributed by atoms with Gasteiger partial charge in [0.2, 0.25) is 0 Å². The van der Waals surface area contributed by atoms with Crippen LogP contribution in [-0.2, 0) is 23.9 Å². The van der Waals surface area contributed by atoms with E-state index in [1.165, 1.54) is 6.07 Å². The molecular weight excluding hydrogens is 267 g/mol. The fourth-order valence-corrected chi connectivity index (χ4v) is 3.32. The summed E-state index contributed by atoms with van der Waals surface area (Å²) in [6, 6.07) is 3.20. The summed E-state index contributed by atoms with van der Waals surface area (Å²) in [5.41, 5.74) is 0.965. The summed E-state index contributed by atoms with van der Waals surface area (Å²) in [4.78, 5) is 0. The number of ether oxygens (including phenoxy) is 1. The van der Waals surface area contributed by atoms with Gasteiger partial charge in [-0.2, -0.15) is 13.2 Å². The maximum Gasteiger partial charge on any atom is 0.416 e. The first-order chi connectivity index (χ1) is 9.35. The monoisotopic (exact) mass is 285 g/mol. The number of benzene rings is 1. The highest BCUT2D eigenvalue weighted by Crippen LogP contribution is 2.45. The van der Waals surface area contributed by atoms with Gasteiger partial charge in [0.05, 0.1) is 17.8 Å². The van der Waals surface area contributed by atoms with Gasteiger partial charge in [-0.1, -0.05) is 13.0 Å². The van der Waals surface area contributed by atoms with Crippen LogP contribution in [-0.4, -0.2) is 18.7 Å². The van der Waals surface area contributed by atoms with Crippen LogP contribution in [0.1, 0.15) is 42.0 Å². The maximum atomic E-state index is 13.3. The lowest BCUT2D eigenvalue weighted by Gasteiger charge is -2.38. The number of fused-ring (bicyclic) bond motifs is 3. The van der Waals surface area contributed by atoms with E-state index >= 15 is 0 Å². The average molecular weight is 285 g/mol. The molecule has 110 valence electrons. The fraction of sp³-hybridized carbons (Fsp3) is 0.600. The normalized spacial score (nSPS) is 29.1. The van der Waals surface area contributed by atoms with Crippen LogP contribution in [0.25, 0.3) is 0 Å². The third kappa shape index (κ3) is 2.04. The molecule has 0 bridgehead atoms. The van der Waals surface area contributed by atoms with Crippen molar-refractivity contribution in [2.24, 2.45) is 0 Å². The summed E-state index contributed by atoms with van der Waals surface area (Å²) in [7, 11) is 0. The Bertz CT molecular complexity index is 541. The Morgan fingerprint density at radius 2 is 2.15 bits per heavy atom. The second-order valence-electron chi connectivity index (χ2n) is 5.85. The van der Waals surface area contributed by atoms with Gasteiger partial charge in [-0.25, -0.2) is 0 Å². The molecule has 0 aliphatic carbocycles. The van der Waals surface area contributed by atoms with Gasteiger partial charge in [-0.05, 0) is 36.1 Å². The van der Waals surface area contributed by atoms with Gasteiger partial charge in [-0.3, -0.25) is 0 Å². The van der Waals surface area contributed by atoms with Crippen molar-refractivity contribution in [1.29, 1.82) is 0 Å². The molecule has 1 saturated heterocycles. The SMILES string of the molecule is CCc1cc2c(c(C(F)(F)F)c1)COC1(C)CNCC21. The van der Waals surface area contributed by atoms with E-state index in [0.29, 0.717) is 25.1 Å². The molecule has 2 nitrogen and oxygen atoms in total. The zero-order valence-electron chi connectivity index (χ0n) is 11.6. The van der Waals surface area contributed by atoms with Crippen molar-refractivity contribution >= 4 is 0 Å². The standard InChI is InChI=1S/C15H18F3NO/c1-3-9-4-10-11(12(5-9)15(16,17)18)7-20-14(2)8-19-6-13(10)14/h4-5,13,19H,3,6-8H2,1-2H3. The number of hydrogen-bond donors (Lipinski definition) is 1. The maximum absolute atomic E-state index is 13.3. The van der Waals surface area contributed by atoms with Crippen molar-refractivity contribution in [1.82, 2.24) is 5.32 Å². The van der Waals surface area contributed by atoms with E-state index in [2.05, 4.69) is 5.32 Å². The molecule has 5 heteroatoms. The number of rotatable bonds is 1. The smallest absolute Gasteiger partial charge is 0.369 e. The van der Waals surface area contributed by atoms with E-state index in [1.54, 1.807) is 0 Å². The lowest BCUT2D eigenvalue weighted by molar-refractivity contribution is -0.141. The third-order valence-electron chi connectivity index (χ3n) is 4.54. The summed E-state index contributed by atoms with van der Waals surface area (Å²) < 4.78 is 45.5. The molecule has 1 fully saturated rings. The number of aryl methyl sites for hydroxylation is 1. The highest BCUT2D eigenvalue weighted by Gasteiger charge is 2.47. The minimum Gasteiger partial charge on any atom is -0.369 e. The Labute approximate surface area is 116 Å². The molecule has 0 radical (unpaired) electrons. The van der Waals surface area contributed by atoms with Crippen molar-refractivity contribution in [2.45, 2.75) is 44.6 Å². The first-order valence-corrected chi connectivity index (χ1v) is 6.92. The van der Waals surface area contributed by atoms with Gasteiger partial charge >= 0.3 is 6.18 Å². The van der Waals surface area contributed by atoms with E-state index in [0.717, 1.165) is 11.1 Å². The predicted octanol–water partition coefficient (Wildman–Crippen LogP) is 3.24. The molecule has 2 aliphatic heterocycles. The summed E-state index contributed by atoms with van der Waals surface area (Å²) in [6.07, 6.45) is -3.72. The molecule has 2 aliphatic rings. The van der Waals surface area contributed by atoms with Gasteiger partial charge in [0.15, 0.2) is 0 Å². The summed E-state index contributed by atoms with van der Waals surface area (Å²) in [5.74, 6) is -0.00106. The van der Waals surface area contributed by atoms with E-state index in [9.17, 15) is 13.2 Å². The van der Waals surface area contributed by atoms with Crippen LogP contribution >= 0.6 is 0 Å². The molecular formula is C15H18F3NO. The molecule has 1 N–H and O–H groups in total. The lowest BCUT2D eigenvalue weighted by atomic mass is 9.79. The van der Waals surface area contributed by atoms with Gasteiger partial charge in [-0.15, -0.1) is 0 Å². The third-order valence-corrected chi connectivity index (χ3v) is 4.54. The van der Waals surface area contributed by atoms with E-state index in [4.69, 9.17) is 4.74 Å². The molecule has 20 heavy (non-hydrogen) atoms. The molecule has 0 amide bonds. The fourth-order valence-electron chi connectivity index (χ4n) is 3.32. The average Bonchev–Trinajstić information content (AvgIpc) is 2.78. The minimum atomic E-state index is -4.32. The number of nitrogens with one attached hydrogen (secondary N) is 1. The van der Waals surface area contributed by atoms with Crippen molar-refractivity contribution in [3.63, 3.8) is 0 Å². The minimum absolute atomic E-state index is 0.00106. The van der Waals surface area contributed by atoms with Crippen LogP contribution < -0.4 is 5.32 Å². The lowest BCUT2D eigenvalue weighted by Crippen LogP contribution is -2.40. The quantitative estimate of drug-likeness (QED) is 0.855. The number of halogens is 3. The van der Waals surface area contributed by atoms with Crippen LogP contribution in [0.2, 0.25) is 0 Å². The van der Waals surface area contributed by atoms with Gasteiger partial charge in [0, 0.05) is 19.0 Å². The van der Waals surface area contributed by atoms with Crippen LogP contribution in [0, 0.1) is 0 Å². The molecule has 3 rings (SSSR count). The molecule has 0 spiro atoms. The largest absolute Gasteiger partial charge is 0.416 e. The highest BCUT2D eigenvalue weighted by molar-refractivity contribution is 5.45. The first kappa shape index (κ1) is 13.9. The Kier molecular flexibility index (Phi) is 3.10. The molecule has 1 aromatic carbocycles. The number of alkyl halides is 3. The summed E-state index contributed by atoms with van der Waals surface area (Å²) >= 11 is 0. The van der Waals surface area contributed by atoms with Gasteiger partial charge in [0.1, 0.15) is 0 Å². The predicted molar refractivity (Wildman–Crippen MR) is 69.6 cm³/mol. The topological polar surface area (TPSA) is 21.3 Å². The zero-order chi connectivity index (χ0) is 14.5. The molecule has 2 atom stereocenters. The van der Waals surface area contributed by atoms with Crippen molar-refractivity contribution in [3.05, 3.63) is 34.4 Å². The summed E-state index contributed by atoms with van der Waals surface area (Å²) in [6.45, 7) is 5.27. The van der Waals surface area contributed by atoms with Crippen molar-refractivity contribution in [3.8, 4) is 0 Å².